The van der Waals surface area contributed by atoms with Gasteiger partial charge < -0.3 is 14.4 Å². The van der Waals surface area contributed by atoms with Gasteiger partial charge in [-0.1, -0.05) is 23.2 Å². The van der Waals surface area contributed by atoms with Crippen molar-refractivity contribution >= 4 is 29.1 Å². The normalized spacial score (nSPS) is 13.7. The van der Waals surface area contributed by atoms with E-state index in [-0.39, 0.29) is 18.6 Å². The molecular formula is C17H13Cl2N3O3. The molecule has 8 heteroatoms. The van der Waals surface area contributed by atoms with E-state index in [1.807, 2.05) is 6.07 Å². The standard InChI is InChI=1S/C17H13Cl2N3O3/c18-12-1-2-15(14(19)6-12)24-10-17(23)22-8-13(9-22)25-16-5-11(7-20)3-4-21-16/h1-6,13H,8-10H2. The minimum Gasteiger partial charge on any atom is -0.482 e. The van der Waals surface area contributed by atoms with Crippen molar-refractivity contribution in [2.24, 2.45) is 0 Å². The van der Waals surface area contributed by atoms with Gasteiger partial charge in [0.1, 0.15) is 11.9 Å². The lowest BCUT2D eigenvalue weighted by Crippen LogP contribution is -2.57. The fourth-order valence-corrected chi connectivity index (χ4v) is 2.72. The van der Waals surface area contributed by atoms with Crippen molar-refractivity contribution in [3.05, 3.63) is 52.1 Å². The number of pyridine rings is 1. The van der Waals surface area contributed by atoms with E-state index in [4.69, 9.17) is 37.9 Å². The second-order valence-electron chi connectivity index (χ2n) is 5.40. The fraction of sp³-hybridized carbons (Fsp3) is 0.235. The number of benzene rings is 1. The molecule has 0 radical (unpaired) electrons. The second kappa shape index (κ2) is 7.60. The van der Waals surface area contributed by atoms with Crippen molar-refractivity contribution in [3.8, 4) is 17.7 Å². The zero-order chi connectivity index (χ0) is 17.8. The van der Waals surface area contributed by atoms with Gasteiger partial charge in [0.15, 0.2) is 6.61 Å². The average Bonchev–Trinajstić information content (AvgIpc) is 2.57. The third-order valence-electron chi connectivity index (χ3n) is 3.60. The van der Waals surface area contributed by atoms with Crippen LogP contribution >= 0.6 is 23.2 Å². The average molecular weight is 378 g/mol. The highest BCUT2D eigenvalue weighted by Gasteiger charge is 2.32. The van der Waals surface area contributed by atoms with Gasteiger partial charge in [0.05, 0.1) is 29.7 Å². The summed E-state index contributed by atoms with van der Waals surface area (Å²) in [5.74, 6) is 0.621. The Morgan fingerprint density at radius 3 is 2.84 bits per heavy atom. The van der Waals surface area contributed by atoms with Crippen molar-refractivity contribution < 1.29 is 14.3 Å². The lowest BCUT2D eigenvalue weighted by molar-refractivity contribution is -0.142. The molecule has 0 atom stereocenters. The van der Waals surface area contributed by atoms with Gasteiger partial charge >= 0.3 is 0 Å². The van der Waals surface area contributed by atoms with Crippen LogP contribution < -0.4 is 9.47 Å². The van der Waals surface area contributed by atoms with Crippen molar-refractivity contribution in [1.29, 1.82) is 5.26 Å². The summed E-state index contributed by atoms with van der Waals surface area (Å²) in [5.41, 5.74) is 0.477. The van der Waals surface area contributed by atoms with Crippen molar-refractivity contribution in [2.75, 3.05) is 19.7 Å². The van der Waals surface area contributed by atoms with E-state index < -0.39 is 0 Å². The number of halogens is 2. The van der Waals surface area contributed by atoms with Gasteiger partial charge in [-0.05, 0) is 24.3 Å². The predicted molar refractivity (Wildman–Crippen MR) is 91.9 cm³/mol. The quantitative estimate of drug-likeness (QED) is 0.800. The van der Waals surface area contributed by atoms with Crippen LogP contribution in [0.2, 0.25) is 10.0 Å². The molecule has 25 heavy (non-hydrogen) atoms. The molecule has 1 aliphatic rings. The molecule has 1 aliphatic heterocycles. The van der Waals surface area contributed by atoms with Crippen molar-refractivity contribution in [2.45, 2.75) is 6.10 Å². The molecule has 0 saturated carbocycles. The van der Waals surface area contributed by atoms with Crippen LogP contribution in [0.25, 0.3) is 0 Å². The van der Waals surface area contributed by atoms with Crippen LogP contribution in [0, 0.1) is 11.3 Å². The van der Waals surface area contributed by atoms with Crippen molar-refractivity contribution in [3.63, 3.8) is 0 Å². The van der Waals surface area contributed by atoms with E-state index in [2.05, 4.69) is 4.98 Å². The first-order chi connectivity index (χ1) is 12.0. The highest BCUT2D eigenvalue weighted by Crippen LogP contribution is 2.27. The predicted octanol–water partition coefficient (Wildman–Crippen LogP) is 2.93. The molecule has 0 N–H and O–H groups in total. The number of aromatic nitrogens is 1. The topological polar surface area (TPSA) is 75.5 Å². The number of amides is 1. The fourth-order valence-electron chi connectivity index (χ4n) is 2.25. The van der Waals surface area contributed by atoms with Gasteiger partial charge in [0.2, 0.25) is 5.88 Å². The minimum absolute atomic E-state index is 0.115. The highest BCUT2D eigenvalue weighted by molar-refractivity contribution is 6.35. The van der Waals surface area contributed by atoms with E-state index in [0.717, 1.165) is 0 Å². The minimum atomic E-state index is -0.162. The molecule has 0 spiro atoms. The molecule has 1 aromatic heterocycles. The van der Waals surface area contributed by atoms with Gasteiger partial charge in [-0.2, -0.15) is 5.26 Å². The number of carbonyl (C=O) groups is 1. The third kappa shape index (κ3) is 4.32. The molecule has 3 rings (SSSR count). The Hall–Kier alpha value is -2.49. The molecule has 0 unspecified atom stereocenters. The van der Waals surface area contributed by atoms with Gasteiger partial charge in [-0.15, -0.1) is 0 Å². The molecule has 0 bridgehead atoms. The monoisotopic (exact) mass is 377 g/mol. The van der Waals surface area contributed by atoms with Gasteiger partial charge in [0.25, 0.3) is 5.91 Å². The highest BCUT2D eigenvalue weighted by atomic mass is 35.5. The first-order valence-corrected chi connectivity index (χ1v) is 8.19. The van der Waals surface area contributed by atoms with Gasteiger partial charge in [-0.25, -0.2) is 4.98 Å². The summed E-state index contributed by atoms with van der Waals surface area (Å²) >= 11 is 11.8. The van der Waals surface area contributed by atoms with E-state index >= 15 is 0 Å². The summed E-state index contributed by atoms with van der Waals surface area (Å²) in [5, 5.41) is 9.71. The number of nitriles is 1. The Kier molecular flexibility index (Phi) is 5.27. The summed E-state index contributed by atoms with van der Waals surface area (Å²) in [6.07, 6.45) is 1.36. The van der Waals surface area contributed by atoms with Crippen molar-refractivity contribution in [1.82, 2.24) is 9.88 Å². The molecule has 2 heterocycles. The van der Waals surface area contributed by atoms with Gasteiger partial charge in [0, 0.05) is 17.3 Å². The molecule has 6 nitrogen and oxygen atoms in total. The largest absolute Gasteiger partial charge is 0.482 e. The van der Waals surface area contributed by atoms with E-state index in [1.165, 1.54) is 6.20 Å². The lowest BCUT2D eigenvalue weighted by atomic mass is 10.1. The second-order valence-corrected chi connectivity index (χ2v) is 6.24. The first kappa shape index (κ1) is 17.3. The lowest BCUT2D eigenvalue weighted by Gasteiger charge is -2.38. The number of rotatable bonds is 5. The van der Waals surface area contributed by atoms with Crippen LogP contribution in [0.4, 0.5) is 0 Å². The molecule has 1 amide bonds. The van der Waals surface area contributed by atoms with Crippen LogP contribution in [-0.4, -0.2) is 41.6 Å². The molecule has 0 aliphatic carbocycles. The Bertz CT molecular complexity index is 832. The third-order valence-corrected chi connectivity index (χ3v) is 4.13. The number of hydrogen-bond acceptors (Lipinski definition) is 5. The summed E-state index contributed by atoms with van der Waals surface area (Å²) in [6, 6.07) is 10.0. The number of likely N-dealkylation sites (tertiary alicyclic amines) is 1. The Morgan fingerprint density at radius 1 is 1.32 bits per heavy atom. The van der Waals surface area contributed by atoms with Crippen LogP contribution in [0.3, 0.4) is 0 Å². The number of ether oxygens (including phenoxy) is 2. The number of nitrogens with zero attached hydrogens (tertiary/aromatic N) is 3. The maximum absolute atomic E-state index is 12.1. The maximum atomic E-state index is 12.1. The molecular weight excluding hydrogens is 365 g/mol. The summed E-state index contributed by atoms with van der Waals surface area (Å²) in [4.78, 5) is 17.8. The molecule has 128 valence electrons. The van der Waals surface area contributed by atoms with Gasteiger partial charge in [-0.3, -0.25) is 4.79 Å². The number of hydrogen-bond donors (Lipinski definition) is 0. The Morgan fingerprint density at radius 2 is 2.12 bits per heavy atom. The summed E-state index contributed by atoms with van der Waals surface area (Å²) in [6.45, 7) is 0.764. The zero-order valence-electron chi connectivity index (χ0n) is 13.0. The van der Waals surface area contributed by atoms with E-state index in [0.29, 0.717) is 40.3 Å². The SMILES string of the molecule is N#Cc1ccnc(OC2CN(C(=O)COc3ccc(Cl)cc3Cl)C2)c1. The smallest absolute Gasteiger partial charge is 0.260 e. The molecule has 1 aromatic carbocycles. The number of carbonyl (C=O) groups excluding carboxylic acids is 1. The van der Waals surface area contributed by atoms with Crippen LogP contribution in [0.1, 0.15) is 5.56 Å². The molecule has 2 aromatic rings. The van der Waals surface area contributed by atoms with Crippen LogP contribution in [0.5, 0.6) is 11.6 Å². The molecule has 1 saturated heterocycles. The zero-order valence-corrected chi connectivity index (χ0v) is 14.5. The van der Waals surface area contributed by atoms with Crippen LogP contribution in [0.15, 0.2) is 36.5 Å². The molecule has 1 fully saturated rings. The van der Waals surface area contributed by atoms with E-state index in [9.17, 15) is 4.79 Å². The maximum Gasteiger partial charge on any atom is 0.260 e. The Labute approximate surface area is 154 Å². The first-order valence-electron chi connectivity index (χ1n) is 7.43. The van der Waals surface area contributed by atoms with Crippen LogP contribution in [-0.2, 0) is 4.79 Å². The summed E-state index contributed by atoms with van der Waals surface area (Å²) in [7, 11) is 0. The summed E-state index contributed by atoms with van der Waals surface area (Å²) < 4.78 is 11.1. The Balaban J connectivity index is 1.46. The van der Waals surface area contributed by atoms with E-state index in [1.54, 1.807) is 35.2 Å².